The molecule has 1 aromatic rings. The van der Waals surface area contributed by atoms with Gasteiger partial charge in [-0.2, -0.15) is 0 Å². The van der Waals surface area contributed by atoms with Crippen LogP contribution in [0.1, 0.15) is 26.2 Å². The Morgan fingerprint density at radius 1 is 1.36 bits per heavy atom. The van der Waals surface area contributed by atoms with E-state index < -0.39 is 17.6 Å². The fourth-order valence-corrected chi connectivity index (χ4v) is 2.70. The smallest absolute Gasteiger partial charge is 0.313 e. The highest BCUT2D eigenvalue weighted by atomic mass is 19.1. The predicted octanol–water partition coefficient (Wildman–Crippen LogP) is 1.78. The molecule has 1 aliphatic rings. The molecule has 120 valence electrons. The second-order valence-electron chi connectivity index (χ2n) is 5.77. The van der Waals surface area contributed by atoms with E-state index in [2.05, 4.69) is 5.32 Å². The van der Waals surface area contributed by atoms with Crippen molar-refractivity contribution in [1.29, 1.82) is 0 Å². The maximum absolute atomic E-state index is 13.1. The molecule has 2 N–H and O–H groups in total. The summed E-state index contributed by atoms with van der Waals surface area (Å²) in [5.41, 5.74) is 0.115. The number of anilines is 1. The van der Waals surface area contributed by atoms with Crippen LogP contribution in [-0.2, 0) is 9.59 Å². The molecule has 0 aromatic heterocycles. The van der Waals surface area contributed by atoms with Crippen molar-refractivity contribution in [3.8, 4) is 0 Å². The molecule has 2 amide bonds. The number of hydrogen-bond donors (Lipinski definition) is 2. The summed E-state index contributed by atoms with van der Waals surface area (Å²) in [5.74, 6) is -1.86. The lowest BCUT2D eigenvalue weighted by Gasteiger charge is -2.39. The molecule has 2 rings (SSSR count). The van der Waals surface area contributed by atoms with Gasteiger partial charge in [-0.3, -0.25) is 9.59 Å². The van der Waals surface area contributed by atoms with E-state index in [9.17, 15) is 19.1 Å². The van der Waals surface area contributed by atoms with E-state index in [4.69, 9.17) is 0 Å². The van der Waals surface area contributed by atoms with E-state index in [1.807, 2.05) is 6.92 Å². The number of nitrogens with one attached hydrogen (secondary N) is 1. The molecule has 5 nitrogen and oxygen atoms in total. The van der Waals surface area contributed by atoms with Crippen LogP contribution in [0.2, 0.25) is 0 Å². The highest BCUT2D eigenvalue weighted by Gasteiger charge is 2.35. The lowest BCUT2D eigenvalue weighted by molar-refractivity contribution is -0.145. The quantitative estimate of drug-likeness (QED) is 0.836. The van der Waals surface area contributed by atoms with Gasteiger partial charge in [-0.05, 0) is 42.9 Å². The zero-order valence-electron chi connectivity index (χ0n) is 12.6. The number of amides is 2. The Morgan fingerprint density at radius 2 is 2.05 bits per heavy atom. The average molecular weight is 308 g/mol. The number of aliphatic hydroxyl groups is 1. The van der Waals surface area contributed by atoms with Crippen molar-refractivity contribution in [2.24, 2.45) is 5.41 Å². The number of piperidine rings is 1. The molecule has 22 heavy (non-hydrogen) atoms. The second-order valence-corrected chi connectivity index (χ2v) is 5.77. The zero-order chi connectivity index (χ0) is 16.2. The van der Waals surface area contributed by atoms with Crippen molar-refractivity contribution in [2.75, 3.05) is 25.0 Å². The normalized spacial score (nSPS) is 17.1. The third kappa shape index (κ3) is 3.62. The number of carbonyl (C=O) groups excluding carboxylic acids is 2. The predicted molar refractivity (Wildman–Crippen MR) is 80.7 cm³/mol. The lowest BCUT2D eigenvalue weighted by Crippen LogP contribution is -2.48. The topological polar surface area (TPSA) is 69.6 Å². The molecule has 0 aliphatic carbocycles. The summed E-state index contributed by atoms with van der Waals surface area (Å²) in [6.07, 6.45) is 2.21. The minimum absolute atomic E-state index is 0.0982. The number of likely N-dealkylation sites (tertiary alicyclic amines) is 1. The highest BCUT2D eigenvalue weighted by molar-refractivity contribution is 6.39. The van der Waals surface area contributed by atoms with Crippen molar-refractivity contribution in [3.05, 3.63) is 30.1 Å². The molecule has 0 radical (unpaired) electrons. The molecule has 0 unspecified atom stereocenters. The van der Waals surface area contributed by atoms with Gasteiger partial charge in [-0.15, -0.1) is 0 Å². The first-order valence-electron chi connectivity index (χ1n) is 7.46. The number of halogens is 1. The summed E-state index contributed by atoms with van der Waals surface area (Å²) >= 11 is 0. The monoisotopic (exact) mass is 308 g/mol. The van der Waals surface area contributed by atoms with Gasteiger partial charge in [0.25, 0.3) is 0 Å². The molecule has 6 heteroatoms. The maximum atomic E-state index is 13.1. The maximum Gasteiger partial charge on any atom is 0.313 e. The molecule has 0 saturated carbocycles. The second kappa shape index (κ2) is 6.87. The Bertz CT molecular complexity index is 548. The summed E-state index contributed by atoms with van der Waals surface area (Å²) in [7, 11) is 0. The Morgan fingerprint density at radius 3 is 2.59 bits per heavy atom. The van der Waals surface area contributed by atoms with Crippen molar-refractivity contribution in [2.45, 2.75) is 26.2 Å². The standard InChI is InChI=1S/C16H21FN2O3/c1-2-16(11-20)6-8-19(9-7-16)15(22)14(21)18-13-5-3-4-12(17)10-13/h3-5,10,20H,2,6-9,11H2,1H3,(H,18,21). The first-order chi connectivity index (χ1) is 10.5. The Kier molecular flexibility index (Phi) is 5.13. The van der Waals surface area contributed by atoms with Gasteiger partial charge in [-0.1, -0.05) is 13.0 Å². The van der Waals surface area contributed by atoms with Crippen LogP contribution in [-0.4, -0.2) is 41.5 Å². The largest absolute Gasteiger partial charge is 0.396 e. The van der Waals surface area contributed by atoms with Crippen LogP contribution in [0.25, 0.3) is 0 Å². The number of rotatable bonds is 3. The molecule has 1 saturated heterocycles. The van der Waals surface area contributed by atoms with Crippen LogP contribution < -0.4 is 5.32 Å². The molecular weight excluding hydrogens is 287 g/mol. The number of nitrogens with zero attached hydrogens (tertiary/aromatic N) is 1. The number of carbonyl (C=O) groups is 2. The minimum Gasteiger partial charge on any atom is -0.396 e. The van der Waals surface area contributed by atoms with Gasteiger partial charge < -0.3 is 15.3 Å². The van der Waals surface area contributed by atoms with Crippen LogP contribution in [0.3, 0.4) is 0 Å². The fourth-order valence-electron chi connectivity index (χ4n) is 2.70. The van der Waals surface area contributed by atoms with E-state index in [0.29, 0.717) is 25.9 Å². The third-order valence-corrected chi connectivity index (χ3v) is 4.47. The molecule has 1 fully saturated rings. The molecule has 0 spiro atoms. The zero-order valence-corrected chi connectivity index (χ0v) is 12.6. The Labute approximate surface area is 129 Å². The minimum atomic E-state index is -0.765. The molecule has 0 atom stereocenters. The Hall–Kier alpha value is -1.95. The van der Waals surface area contributed by atoms with E-state index in [1.54, 1.807) is 0 Å². The van der Waals surface area contributed by atoms with Crippen molar-refractivity contribution < 1.29 is 19.1 Å². The summed E-state index contributed by atoms with van der Waals surface area (Å²) in [6, 6.07) is 5.42. The number of hydrogen-bond acceptors (Lipinski definition) is 3. The molecular formula is C16H21FN2O3. The summed E-state index contributed by atoms with van der Waals surface area (Å²) in [4.78, 5) is 25.6. The van der Waals surface area contributed by atoms with E-state index in [1.165, 1.54) is 23.1 Å². The van der Waals surface area contributed by atoms with E-state index in [-0.39, 0.29) is 17.7 Å². The van der Waals surface area contributed by atoms with Gasteiger partial charge in [0, 0.05) is 25.4 Å². The van der Waals surface area contributed by atoms with Crippen LogP contribution in [0.15, 0.2) is 24.3 Å². The molecule has 0 bridgehead atoms. The molecule has 1 aliphatic heterocycles. The first kappa shape index (κ1) is 16.4. The highest BCUT2D eigenvalue weighted by Crippen LogP contribution is 2.34. The average Bonchev–Trinajstić information content (AvgIpc) is 2.54. The third-order valence-electron chi connectivity index (χ3n) is 4.47. The SMILES string of the molecule is CCC1(CO)CCN(C(=O)C(=O)Nc2cccc(F)c2)CC1. The van der Waals surface area contributed by atoms with Gasteiger partial charge in [0.1, 0.15) is 5.82 Å². The summed E-state index contributed by atoms with van der Waals surface area (Å²) in [6.45, 7) is 3.01. The fraction of sp³-hybridized carbons (Fsp3) is 0.500. The van der Waals surface area contributed by atoms with E-state index >= 15 is 0 Å². The van der Waals surface area contributed by atoms with Crippen molar-refractivity contribution in [1.82, 2.24) is 4.90 Å². The number of aliphatic hydroxyl groups excluding tert-OH is 1. The van der Waals surface area contributed by atoms with Crippen molar-refractivity contribution >= 4 is 17.5 Å². The Balaban J connectivity index is 1.93. The van der Waals surface area contributed by atoms with Gasteiger partial charge in [0.05, 0.1) is 0 Å². The van der Waals surface area contributed by atoms with Crippen LogP contribution in [0.5, 0.6) is 0 Å². The van der Waals surface area contributed by atoms with Crippen molar-refractivity contribution in [3.63, 3.8) is 0 Å². The van der Waals surface area contributed by atoms with Gasteiger partial charge >= 0.3 is 11.8 Å². The van der Waals surface area contributed by atoms with Gasteiger partial charge in [-0.25, -0.2) is 4.39 Å². The van der Waals surface area contributed by atoms with Gasteiger partial charge in [0.2, 0.25) is 0 Å². The van der Waals surface area contributed by atoms with Gasteiger partial charge in [0.15, 0.2) is 0 Å². The van der Waals surface area contributed by atoms with E-state index in [0.717, 1.165) is 12.5 Å². The first-order valence-corrected chi connectivity index (χ1v) is 7.46. The lowest BCUT2D eigenvalue weighted by atomic mass is 9.77. The number of benzene rings is 1. The molecule has 1 heterocycles. The van der Waals surface area contributed by atoms with Crippen LogP contribution in [0.4, 0.5) is 10.1 Å². The molecule has 1 aromatic carbocycles. The summed E-state index contributed by atoms with van der Waals surface area (Å²) < 4.78 is 13.1. The van der Waals surface area contributed by atoms with Crippen LogP contribution >= 0.6 is 0 Å². The summed E-state index contributed by atoms with van der Waals surface area (Å²) in [5, 5.41) is 11.9. The van der Waals surface area contributed by atoms with Crippen LogP contribution in [0, 0.1) is 11.2 Å².